The summed E-state index contributed by atoms with van der Waals surface area (Å²) < 4.78 is 24.0. The fourth-order valence-corrected chi connectivity index (χ4v) is 2.02. The SMILES string of the molecule is CO[C@]1(O)[C@H](O)[C@@H](O)[C@@H](OP(=O)(O)O)O[C@@H]1CO. The number of aliphatic hydroxyl groups excluding tert-OH is 3. The van der Waals surface area contributed by atoms with E-state index in [4.69, 9.17) is 19.6 Å². The molecule has 10 nitrogen and oxygen atoms in total. The van der Waals surface area contributed by atoms with Gasteiger partial charge in [0.1, 0.15) is 18.3 Å². The molecule has 1 heterocycles. The van der Waals surface area contributed by atoms with Crippen LogP contribution in [-0.4, -0.2) is 74.3 Å². The highest BCUT2D eigenvalue weighted by atomic mass is 31.2. The Hall–Kier alpha value is -0.130. The third-order valence-electron chi connectivity index (χ3n) is 2.52. The van der Waals surface area contributed by atoms with Crippen LogP contribution < -0.4 is 0 Å². The number of ether oxygens (including phenoxy) is 2. The molecule has 0 aromatic carbocycles. The van der Waals surface area contributed by atoms with E-state index < -0.39 is 44.8 Å². The monoisotopic (exact) mass is 290 g/mol. The van der Waals surface area contributed by atoms with Crippen molar-refractivity contribution in [2.75, 3.05) is 13.7 Å². The topological polar surface area (TPSA) is 166 Å². The van der Waals surface area contributed by atoms with E-state index in [0.29, 0.717) is 0 Å². The number of hydrogen-bond donors (Lipinski definition) is 6. The molecule has 0 saturated carbocycles. The molecule has 6 N–H and O–H groups in total. The Morgan fingerprint density at radius 1 is 1.39 bits per heavy atom. The van der Waals surface area contributed by atoms with E-state index in [-0.39, 0.29) is 0 Å². The zero-order valence-electron chi connectivity index (χ0n) is 9.28. The van der Waals surface area contributed by atoms with Crippen molar-refractivity contribution in [2.45, 2.75) is 30.4 Å². The van der Waals surface area contributed by atoms with Crippen LogP contribution in [0.1, 0.15) is 0 Å². The second kappa shape index (κ2) is 5.47. The molecule has 0 unspecified atom stereocenters. The largest absolute Gasteiger partial charge is 0.472 e. The molecule has 0 aliphatic carbocycles. The molecule has 0 aromatic heterocycles. The molecule has 1 saturated heterocycles. The molecule has 1 rings (SSSR count). The molecule has 0 bridgehead atoms. The van der Waals surface area contributed by atoms with Crippen LogP contribution in [0.2, 0.25) is 0 Å². The number of aliphatic hydroxyl groups is 4. The minimum atomic E-state index is -4.99. The van der Waals surface area contributed by atoms with Gasteiger partial charge in [-0.25, -0.2) is 4.57 Å². The predicted octanol–water partition coefficient (Wildman–Crippen LogP) is -3.13. The van der Waals surface area contributed by atoms with Crippen molar-refractivity contribution in [3.63, 3.8) is 0 Å². The van der Waals surface area contributed by atoms with Gasteiger partial charge in [0.2, 0.25) is 5.79 Å². The summed E-state index contributed by atoms with van der Waals surface area (Å²) in [6, 6.07) is 0. The van der Waals surface area contributed by atoms with Gasteiger partial charge >= 0.3 is 7.82 Å². The first-order valence-electron chi connectivity index (χ1n) is 4.79. The standard InChI is InChI=1S/C7H15O10P/c1-15-7(11)3(2-8)16-6(4(9)5(7)10)17-18(12,13)14/h3-6,8-11H,2H2,1H3,(H2,12,13,14)/t3-,4-,5-,6-,7+/m1/s1. The molecule has 18 heavy (non-hydrogen) atoms. The highest BCUT2D eigenvalue weighted by Crippen LogP contribution is 2.42. The molecule has 0 aromatic rings. The van der Waals surface area contributed by atoms with E-state index >= 15 is 0 Å². The van der Waals surface area contributed by atoms with Gasteiger partial charge in [0.05, 0.1) is 6.61 Å². The lowest BCUT2D eigenvalue weighted by Crippen LogP contribution is -2.68. The highest BCUT2D eigenvalue weighted by Gasteiger charge is 2.56. The van der Waals surface area contributed by atoms with Gasteiger partial charge in [-0.05, 0) is 0 Å². The predicted molar refractivity (Wildman–Crippen MR) is 52.8 cm³/mol. The summed E-state index contributed by atoms with van der Waals surface area (Å²) in [6.45, 7) is -0.838. The van der Waals surface area contributed by atoms with E-state index in [0.717, 1.165) is 7.11 Å². The number of hydrogen-bond acceptors (Lipinski definition) is 8. The number of phosphoric ester groups is 1. The molecular weight excluding hydrogens is 275 g/mol. The Morgan fingerprint density at radius 2 is 1.94 bits per heavy atom. The molecule has 0 radical (unpaired) electrons. The van der Waals surface area contributed by atoms with Gasteiger partial charge in [0.15, 0.2) is 6.29 Å². The lowest BCUT2D eigenvalue weighted by atomic mass is 9.95. The molecule has 0 spiro atoms. The van der Waals surface area contributed by atoms with E-state index in [2.05, 4.69) is 9.26 Å². The smallest absolute Gasteiger partial charge is 0.393 e. The number of methoxy groups -OCH3 is 1. The van der Waals surface area contributed by atoms with Crippen molar-refractivity contribution in [1.29, 1.82) is 0 Å². The molecular formula is C7H15O10P. The quantitative estimate of drug-likeness (QED) is 0.230. The van der Waals surface area contributed by atoms with Crippen molar-refractivity contribution < 1.29 is 48.8 Å². The third-order valence-corrected chi connectivity index (χ3v) is 3.00. The van der Waals surface area contributed by atoms with Gasteiger partial charge in [-0.15, -0.1) is 0 Å². The van der Waals surface area contributed by atoms with Crippen LogP contribution in [0.25, 0.3) is 0 Å². The summed E-state index contributed by atoms with van der Waals surface area (Å²) in [4.78, 5) is 17.2. The molecule has 1 fully saturated rings. The van der Waals surface area contributed by atoms with Crippen LogP contribution >= 0.6 is 7.82 Å². The van der Waals surface area contributed by atoms with Crippen LogP contribution in [0.4, 0.5) is 0 Å². The summed E-state index contributed by atoms with van der Waals surface area (Å²) in [6.07, 6.45) is -7.46. The van der Waals surface area contributed by atoms with Gasteiger partial charge in [0, 0.05) is 7.11 Å². The zero-order chi connectivity index (χ0) is 14.1. The minimum absolute atomic E-state index is 0.838. The first kappa shape index (κ1) is 15.9. The van der Waals surface area contributed by atoms with Crippen LogP contribution in [0.5, 0.6) is 0 Å². The van der Waals surface area contributed by atoms with Crippen molar-refractivity contribution in [1.82, 2.24) is 0 Å². The Balaban J connectivity index is 2.93. The number of rotatable bonds is 4. The normalized spacial score (nSPS) is 41.9. The maximum absolute atomic E-state index is 10.6. The van der Waals surface area contributed by atoms with Gasteiger partial charge in [0.25, 0.3) is 0 Å². The van der Waals surface area contributed by atoms with E-state index in [9.17, 15) is 19.9 Å². The summed E-state index contributed by atoms with van der Waals surface area (Å²) in [7, 11) is -3.99. The lowest BCUT2D eigenvalue weighted by molar-refractivity contribution is -0.383. The van der Waals surface area contributed by atoms with E-state index in [1.807, 2.05) is 0 Å². The van der Waals surface area contributed by atoms with Crippen LogP contribution in [0.15, 0.2) is 0 Å². The van der Waals surface area contributed by atoms with Crippen LogP contribution in [0.3, 0.4) is 0 Å². The number of phosphoric acid groups is 1. The Bertz CT molecular complexity index is 326. The van der Waals surface area contributed by atoms with E-state index in [1.54, 1.807) is 0 Å². The molecule has 5 atom stereocenters. The van der Waals surface area contributed by atoms with Gasteiger partial charge < -0.3 is 39.7 Å². The van der Waals surface area contributed by atoms with Crippen molar-refractivity contribution >= 4 is 7.82 Å². The summed E-state index contributed by atoms with van der Waals surface area (Å²) in [5.41, 5.74) is 0. The van der Waals surface area contributed by atoms with Crippen LogP contribution in [0, 0.1) is 0 Å². The second-order valence-electron chi connectivity index (χ2n) is 3.66. The molecule has 1 aliphatic rings. The summed E-state index contributed by atoms with van der Waals surface area (Å²) in [5.74, 6) is -2.43. The Morgan fingerprint density at radius 3 is 2.33 bits per heavy atom. The Labute approximate surface area is 102 Å². The Kier molecular flexibility index (Phi) is 4.84. The lowest BCUT2D eigenvalue weighted by Gasteiger charge is -2.46. The zero-order valence-corrected chi connectivity index (χ0v) is 10.2. The molecule has 1 aliphatic heterocycles. The first-order chi connectivity index (χ1) is 8.15. The molecule has 108 valence electrons. The molecule has 11 heteroatoms. The van der Waals surface area contributed by atoms with Gasteiger partial charge in [-0.1, -0.05) is 0 Å². The second-order valence-corrected chi connectivity index (χ2v) is 4.86. The van der Waals surface area contributed by atoms with Crippen LogP contribution in [-0.2, 0) is 18.6 Å². The summed E-state index contributed by atoms with van der Waals surface area (Å²) in [5, 5.41) is 37.9. The van der Waals surface area contributed by atoms with E-state index in [1.165, 1.54) is 0 Å². The van der Waals surface area contributed by atoms with Gasteiger partial charge in [-0.3, -0.25) is 4.52 Å². The van der Waals surface area contributed by atoms with Crippen molar-refractivity contribution in [3.8, 4) is 0 Å². The van der Waals surface area contributed by atoms with Crippen molar-refractivity contribution in [3.05, 3.63) is 0 Å². The third kappa shape index (κ3) is 3.06. The fourth-order valence-electron chi connectivity index (χ4n) is 1.57. The fraction of sp³-hybridized carbons (Fsp3) is 1.00. The van der Waals surface area contributed by atoms with Gasteiger partial charge in [-0.2, -0.15) is 0 Å². The first-order valence-corrected chi connectivity index (χ1v) is 6.32. The highest BCUT2D eigenvalue weighted by molar-refractivity contribution is 7.46. The average Bonchev–Trinajstić information content (AvgIpc) is 2.28. The maximum Gasteiger partial charge on any atom is 0.472 e. The van der Waals surface area contributed by atoms with Crippen molar-refractivity contribution in [2.24, 2.45) is 0 Å². The molecule has 0 amide bonds. The minimum Gasteiger partial charge on any atom is -0.393 e. The average molecular weight is 290 g/mol. The maximum atomic E-state index is 10.6. The summed E-state index contributed by atoms with van der Waals surface area (Å²) >= 11 is 0.